The molecule has 0 unspecified atom stereocenters. The first-order valence-electron chi connectivity index (χ1n) is 19.8. The highest BCUT2D eigenvalue weighted by molar-refractivity contribution is 7.21. The van der Waals surface area contributed by atoms with Crippen LogP contribution in [0, 0.1) is 0 Å². The van der Waals surface area contributed by atoms with Crippen LogP contribution in [0.25, 0.3) is 110 Å². The van der Waals surface area contributed by atoms with Crippen molar-refractivity contribution < 1.29 is 4.42 Å². The Bertz CT molecular complexity index is 3530. The Morgan fingerprint density at radius 3 is 2.20 bits per heavy atom. The molecule has 0 spiro atoms. The highest BCUT2D eigenvalue weighted by atomic mass is 32.1. The zero-order chi connectivity index (χ0) is 40.2. The molecule has 4 heterocycles. The molecule has 11 rings (SSSR count). The molecule has 0 saturated carbocycles. The molecule has 0 amide bonds. The molecule has 284 valence electrons. The van der Waals surface area contributed by atoms with Crippen LogP contribution in [0.2, 0.25) is 0 Å². The van der Waals surface area contributed by atoms with E-state index < -0.39 is 0 Å². The summed E-state index contributed by atoms with van der Waals surface area (Å²) in [6, 6.07) is 55.0. The van der Waals surface area contributed by atoms with Crippen LogP contribution in [0.4, 0.5) is 0 Å². The molecule has 11 aromatic rings. The number of para-hydroxylation sites is 3. The molecule has 0 aliphatic rings. The van der Waals surface area contributed by atoms with Crippen LogP contribution in [0.5, 0.6) is 0 Å². The molecule has 0 atom stereocenters. The van der Waals surface area contributed by atoms with Gasteiger partial charge in [0.1, 0.15) is 16.2 Å². The molecule has 7 aromatic carbocycles. The number of hydrogen-bond donors (Lipinski definition) is 0. The smallest absolute Gasteiger partial charge is 0.164 e. The number of nitrogens with zero attached hydrogens (tertiary/aromatic N) is 5. The van der Waals surface area contributed by atoms with E-state index in [1.54, 1.807) is 17.4 Å². The summed E-state index contributed by atoms with van der Waals surface area (Å²) >= 11 is 1.67. The second-order valence-corrected chi connectivity index (χ2v) is 15.8. The van der Waals surface area contributed by atoms with Crippen molar-refractivity contribution in [3.63, 3.8) is 0 Å². The van der Waals surface area contributed by atoms with E-state index in [-0.39, 0.29) is 0 Å². The Balaban J connectivity index is 0.980. The SMILES string of the molecule is C=C/C=C\C=C(/C)c1nc(-c2ccccc2)nc(-c2ccc3nc(-c4cccc(-n5c6ccccc6c6cc(-c7cccc8c7oc7ccccc78)ccc65)c4)sc3c2)n1. The van der Waals surface area contributed by atoms with Crippen molar-refractivity contribution >= 4 is 70.9 Å². The van der Waals surface area contributed by atoms with Crippen molar-refractivity contribution in [2.75, 3.05) is 0 Å². The van der Waals surface area contributed by atoms with Crippen LogP contribution in [-0.2, 0) is 0 Å². The summed E-state index contributed by atoms with van der Waals surface area (Å²) < 4.78 is 9.86. The maximum Gasteiger partial charge on any atom is 0.164 e. The van der Waals surface area contributed by atoms with Gasteiger partial charge in [-0.05, 0) is 72.7 Å². The fourth-order valence-electron chi connectivity index (χ4n) is 8.11. The molecule has 0 bridgehead atoms. The van der Waals surface area contributed by atoms with Crippen molar-refractivity contribution in [3.8, 4) is 50.2 Å². The van der Waals surface area contributed by atoms with Gasteiger partial charge in [-0.2, -0.15) is 0 Å². The average molecular weight is 790 g/mol. The summed E-state index contributed by atoms with van der Waals surface area (Å²) in [5.41, 5.74) is 12.1. The summed E-state index contributed by atoms with van der Waals surface area (Å²) in [7, 11) is 0. The van der Waals surface area contributed by atoms with E-state index in [2.05, 4.69) is 120 Å². The van der Waals surface area contributed by atoms with Crippen LogP contribution in [0.3, 0.4) is 0 Å². The van der Waals surface area contributed by atoms with Gasteiger partial charge in [0.2, 0.25) is 0 Å². The number of fused-ring (bicyclic) bond motifs is 7. The summed E-state index contributed by atoms with van der Waals surface area (Å²) in [6.45, 7) is 5.79. The molecule has 0 N–H and O–H groups in total. The minimum Gasteiger partial charge on any atom is -0.455 e. The Hall–Kier alpha value is -7.74. The molecular weight excluding hydrogens is 755 g/mol. The lowest BCUT2D eigenvalue weighted by molar-refractivity contribution is 0.670. The lowest BCUT2D eigenvalue weighted by Crippen LogP contribution is -2.01. The third kappa shape index (κ3) is 6.11. The zero-order valence-corrected chi connectivity index (χ0v) is 33.4. The van der Waals surface area contributed by atoms with Gasteiger partial charge >= 0.3 is 0 Å². The first-order chi connectivity index (χ1) is 29.6. The topological polar surface area (TPSA) is 69.6 Å². The first kappa shape index (κ1) is 35.4. The number of rotatable bonds is 8. The van der Waals surface area contributed by atoms with Crippen molar-refractivity contribution in [3.05, 3.63) is 194 Å². The zero-order valence-electron chi connectivity index (χ0n) is 32.6. The van der Waals surface area contributed by atoms with Gasteiger partial charge in [-0.1, -0.05) is 134 Å². The van der Waals surface area contributed by atoms with E-state index in [1.165, 1.54) is 10.8 Å². The maximum atomic E-state index is 6.44. The third-order valence-electron chi connectivity index (χ3n) is 11.0. The highest BCUT2D eigenvalue weighted by Gasteiger charge is 2.18. The number of benzene rings is 7. The van der Waals surface area contributed by atoms with Crippen LogP contribution in [0.15, 0.2) is 193 Å². The molecule has 0 fully saturated rings. The normalized spacial score (nSPS) is 12.2. The van der Waals surface area contributed by atoms with Crippen molar-refractivity contribution in [2.45, 2.75) is 6.92 Å². The van der Waals surface area contributed by atoms with Gasteiger partial charge in [-0.25, -0.2) is 19.9 Å². The molecule has 0 aliphatic heterocycles. The Morgan fingerprint density at radius 1 is 0.583 bits per heavy atom. The van der Waals surface area contributed by atoms with Crippen LogP contribution >= 0.6 is 11.3 Å². The quantitative estimate of drug-likeness (QED) is 0.143. The molecular formula is C53H35N5OS. The predicted molar refractivity (Wildman–Crippen MR) is 249 cm³/mol. The van der Waals surface area contributed by atoms with Gasteiger partial charge in [-0.3, -0.25) is 0 Å². The number of aromatic nitrogens is 5. The van der Waals surface area contributed by atoms with Crippen LogP contribution in [-0.4, -0.2) is 24.5 Å². The van der Waals surface area contributed by atoms with E-state index in [4.69, 9.17) is 24.4 Å². The average Bonchev–Trinajstić information content (AvgIpc) is 4.01. The number of hydrogen-bond acceptors (Lipinski definition) is 6. The standard InChI is InChI=1S/C53H35N5OS/c1-3-4-6-15-33(2)50-55-51(34-16-7-5-8-17-34)57-52(56-50)36-26-28-44-48(32-36)60-53(54-44)37-18-13-19-38(30-37)58-45-24-11-9-20-40(45)43-31-35(27-29-46(43)58)39-22-14-23-42-41-21-10-12-25-47(41)59-49(39)42/h3-32H,1H2,2H3/b6-4-,33-15+. The maximum absolute atomic E-state index is 6.44. The molecule has 4 aromatic heterocycles. The Morgan fingerprint density at radius 2 is 1.32 bits per heavy atom. The van der Waals surface area contributed by atoms with Gasteiger partial charge in [0.05, 0.1) is 21.3 Å². The van der Waals surface area contributed by atoms with Crippen molar-refractivity contribution in [1.82, 2.24) is 24.5 Å². The Kier molecular flexibility index (Phi) is 8.60. The van der Waals surface area contributed by atoms with Crippen LogP contribution in [0.1, 0.15) is 12.7 Å². The second-order valence-electron chi connectivity index (χ2n) is 14.8. The molecule has 6 nitrogen and oxygen atoms in total. The summed E-state index contributed by atoms with van der Waals surface area (Å²) in [5, 5.41) is 5.58. The van der Waals surface area contributed by atoms with Gasteiger partial charge in [0, 0.05) is 49.5 Å². The minimum atomic E-state index is 0.613. The highest BCUT2D eigenvalue weighted by Crippen LogP contribution is 2.40. The summed E-state index contributed by atoms with van der Waals surface area (Å²) in [5.74, 6) is 1.86. The monoisotopic (exact) mass is 789 g/mol. The molecule has 0 aliphatic carbocycles. The van der Waals surface area contributed by atoms with E-state index in [0.717, 1.165) is 87.3 Å². The van der Waals surface area contributed by atoms with E-state index in [9.17, 15) is 0 Å². The van der Waals surface area contributed by atoms with Crippen molar-refractivity contribution in [2.24, 2.45) is 0 Å². The second kappa shape index (κ2) is 14.6. The summed E-state index contributed by atoms with van der Waals surface area (Å²) in [6.07, 6.45) is 7.57. The lowest BCUT2D eigenvalue weighted by atomic mass is 10.0. The Labute approximate surface area is 349 Å². The summed E-state index contributed by atoms with van der Waals surface area (Å²) in [4.78, 5) is 19.9. The van der Waals surface area contributed by atoms with E-state index in [1.807, 2.05) is 73.7 Å². The molecule has 0 saturated heterocycles. The third-order valence-corrected chi connectivity index (χ3v) is 12.1. The van der Waals surface area contributed by atoms with E-state index in [0.29, 0.717) is 17.5 Å². The first-order valence-corrected chi connectivity index (χ1v) is 20.6. The molecule has 7 heteroatoms. The lowest BCUT2D eigenvalue weighted by Gasteiger charge is -2.10. The fourth-order valence-corrected chi connectivity index (χ4v) is 9.11. The van der Waals surface area contributed by atoms with Crippen LogP contribution < -0.4 is 0 Å². The van der Waals surface area contributed by atoms with Gasteiger partial charge in [-0.15, -0.1) is 11.3 Å². The predicted octanol–water partition coefficient (Wildman–Crippen LogP) is 14.3. The number of allylic oxidation sites excluding steroid dienone is 5. The van der Waals surface area contributed by atoms with Gasteiger partial charge in [0.15, 0.2) is 17.5 Å². The van der Waals surface area contributed by atoms with Gasteiger partial charge < -0.3 is 8.98 Å². The van der Waals surface area contributed by atoms with E-state index >= 15 is 0 Å². The molecule has 60 heavy (non-hydrogen) atoms. The number of thiazole rings is 1. The van der Waals surface area contributed by atoms with Crippen molar-refractivity contribution in [1.29, 1.82) is 0 Å². The number of furan rings is 1. The van der Waals surface area contributed by atoms with Gasteiger partial charge in [0.25, 0.3) is 0 Å². The molecule has 0 radical (unpaired) electrons. The fraction of sp³-hybridized carbons (Fsp3) is 0.0189. The largest absolute Gasteiger partial charge is 0.455 e. The minimum absolute atomic E-state index is 0.613.